The number of hydrogen-bond acceptors (Lipinski definition) is 9. The molecule has 5 heterocycles. The number of benzene rings is 1. The topological polar surface area (TPSA) is 103 Å². The number of fused-ring (bicyclic) bond motifs is 1. The Balaban J connectivity index is 1.40. The third-order valence-electron chi connectivity index (χ3n) is 6.87. The van der Waals surface area contributed by atoms with Gasteiger partial charge in [-0.05, 0) is 42.8 Å². The van der Waals surface area contributed by atoms with Gasteiger partial charge in [-0.15, -0.1) is 0 Å². The molecule has 3 aliphatic rings. The predicted molar refractivity (Wildman–Crippen MR) is 130 cm³/mol. The van der Waals surface area contributed by atoms with Crippen molar-refractivity contribution in [2.24, 2.45) is 5.16 Å². The number of oxime groups is 1. The first-order valence-electron chi connectivity index (χ1n) is 11.9. The first-order chi connectivity index (χ1) is 17.9. The number of nitrogens with zero attached hydrogens (tertiary/aromatic N) is 5. The van der Waals surface area contributed by atoms with Crippen LogP contribution in [0.4, 0.5) is 4.39 Å². The van der Waals surface area contributed by atoms with Crippen LogP contribution in [0.2, 0.25) is 0 Å². The Morgan fingerprint density at radius 3 is 2.81 bits per heavy atom. The van der Waals surface area contributed by atoms with Crippen LogP contribution in [-0.4, -0.2) is 69.5 Å². The van der Waals surface area contributed by atoms with Gasteiger partial charge < -0.3 is 28.7 Å². The molecule has 6 rings (SSSR count). The molecule has 2 unspecified atom stereocenters. The maximum absolute atomic E-state index is 13.6. The molecule has 10 nitrogen and oxygen atoms in total. The summed E-state index contributed by atoms with van der Waals surface area (Å²) in [5.74, 6) is 1.04. The number of pyridine rings is 1. The van der Waals surface area contributed by atoms with Gasteiger partial charge in [0.25, 0.3) is 5.72 Å². The van der Waals surface area contributed by atoms with Crippen molar-refractivity contribution in [2.45, 2.75) is 24.7 Å². The van der Waals surface area contributed by atoms with E-state index in [4.69, 9.17) is 19.0 Å². The summed E-state index contributed by atoms with van der Waals surface area (Å²) in [6, 6.07) is 8.55. The molecule has 0 saturated carbocycles. The van der Waals surface area contributed by atoms with E-state index in [0.717, 1.165) is 23.1 Å². The molecule has 37 heavy (non-hydrogen) atoms. The minimum Gasteiger partial charge on any atom is -0.495 e. The van der Waals surface area contributed by atoms with Crippen LogP contribution in [0.25, 0.3) is 11.8 Å². The Morgan fingerprint density at radius 2 is 2.14 bits per heavy atom. The molecule has 192 valence electrons. The Morgan fingerprint density at radius 1 is 1.24 bits per heavy atom. The van der Waals surface area contributed by atoms with Gasteiger partial charge in [-0.2, -0.15) is 0 Å². The lowest BCUT2D eigenvalue weighted by Gasteiger charge is -2.45. The highest BCUT2D eigenvalue weighted by molar-refractivity contribution is 6.02. The van der Waals surface area contributed by atoms with Gasteiger partial charge in [0.2, 0.25) is 5.84 Å². The normalized spacial score (nSPS) is 25.7. The first kappa shape index (κ1) is 23.4. The number of halogens is 1. The van der Waals surface area contributed by atoms with E-state index in [1.54, 1.807) is 13.4 Å². The van der Waals surface area contributed by atoms with Crippen molar-refractivity contribution in [3.8, 4) is 11.4 Å². The van der Waals surface area contributed by atoms with E-state index in [-0.39, 0.29) is 0 Å². The molecule has 2 saturated heterocycles. The number of morpholine rings is 1. The van der Waals surface area contributed by atoms with E-state index in [1.807, 2.05) is 46.9 Å². The van der Waals surface area contributed by atoms with Crippen LogP contribution in [0.5, 0.6) is 5.75 Å². The van der Waals surface area contributed by atoms with Crippen LogP contribution in [-0.2, 0) is 20.0 Å². The van der Waals surface area contributed by atoms with Gasteiger partial charge in [0, 0.05) is 12.6 Å². The summed E-state index contributed by atoms with van der Waals surface area (Å²) < 4.78 is 33.4. The largest absolute Gasteiger partial charge is 0.495 e. The minimum atomic E-state index is -1.41. The van der Waals surface area contributed by atoms with Crippen LogP contribution in [0, 0.1) is 12.7 Å². The molecule has 0 radical (unpaired) electrons. The van der Waals surface area contributed by atoms with Crippen molar-refractivity contribution < 1.29 is 28.5 Å². The van der Waals surface area contributed by atoms with Crippen LogP contribution in [0.3, 0.4) is 0 Å². The predicted octanol–water partition coefficient (Wildman–Crippen LogP) is 2.74. The molecule has 1 spiro atoms. The van der Waals surface area contributed by atoms with E-state index >= 15 is 0 Å². The molecule has 3 aliphatic heterocycles. The molecule has 11 heteroatoms. The van der Waals surface area contributed by atoms with E-state index in [9.17, 15) is 9.50 Å². The van der Waals surface area contributed by atoms with Crippen molar-refractivity contribution in [2.75, 3.05) is 33.5 Å². The highest BCUT2D eigenvalue weighted by atomic mass is 19.1. The lowest BCUT2D eigenvalue weighted by molar-refractivity contribution is -0.161. The third-order valence-corrected chi connectivity index (χ3v) is 6.87. The molecule has 0 aliphatic carbocycles. The van der Waals surface area contributed by atoms with Gasteiger partial charge in [-0.3, -0.25) is 9.88 Å². The summed E-state index contributed by atoms with van der Waals surface area (Å²) in [5, 5.41) is 14.8. The lowest BCUT2D eigenvalue weighted by Crippen LogP contribution is -2.60. The molecule has 1 aromatic carbocycles. The van der Waals surface area contributed by atoms with E-state index in [2.05, 4.69) is 15.1 Å². The number of ether oxygens (including phenoxy) is 3. The second kappa shape index (κ2) is 8.86. The first-order valence-corrected chi connectivity index (χ1v) is 11.9. The molecular formula is C26H26FN5O5. The molecule has 1 N–H and O–H groups in total. The van der Waals surface area contributed by atoms with Gasteiger partial charge in [-0.1, -0.05) is 11.2 Å². The van der Waals surface area contributed by atoms with Crippen molar-refractivity contribution in [3.05, 3.63) is 77.6 Å². The molecule has 3 aromatic rings. The molecular weight excluding hydrogens is 481 g/mol. The fourth-order valence-corrected chi connectivity index (χ4v) is 4.94. The van der Waals surface area contributed by atoms with Gasteiger partial charge in [0.15, 0.2) is 11.4 Å². The fraction of sp³-hybridized carbons (Fsp3) is 0.346. The Bertz CT molecular complexity index is 1380. The van der Waals surface area contributed by atoms with Gasteiger partial charge in [-0.25, -0.2) is 9.37 Å². The Kier molecular flexibility index (Phi) is 5.61. The summed E-state index contributed by atoms with van der Waals surface area (Å²) in [6.07, 6.45) is 7.25. The van der Waals surface area contributed by atoms with Crippen molar-refractivity contribution >= 4 is 11.9 Å². The summed E-state index contributed by atoms with van der Waals surface area (Å²) in [7, 11) is 1.61. The Labute approximate surface area is 212 Å². The zero-order chi connectivity index (χ0) is 25.6. The molecule has 2 fully saturated rings. The molecule has 2 aromatic heterocycles. The van der Waals surface area contributed by atoms with Gasteiger partial charge in [0.05, 0.1) is 50.8 Å². The SMILES string of the molecule is COc1cc(C=C2OC3(CCOC3)CN3C2=NOC3(CO)c2ccc(F)cn2)ccc1-n1cnc(C)c1. The number of amidine groups is 1. The average molecular weight is 508 g/mol. The number of aromatic nitrogens is 3. The zero-order valence-corrected chi connectivity index (χ0v) is 20.4. The highest BCUT2D eigenvalue weighted by Gasteiger charge is 2.57. The van der Waals surface area contributed by atoms with Gasteiger partial charge >= 0.3 is 0 Å². The summed E-state index contributed by atoms with van der Waals surface area (Å²) >= 11 is 0. The standard InChI is InChI=1S/C26H26FN5O5/c1-17-12-31(16-29-17)20-5-3-18(9-21(20)34-2)10-22-24-30-37-26(14-33,23-6-4-19(27)11-28-23)32(24)13-25(36-22)7-8-35-15-25/h3-6,9-12,16,33H,7-8,13-15H2,1-2H3. The van der Waals surface area contributed by atoms with Gasteiger partial charge in [0.1, 0.15) is 23.9 Å². The number of methoxy groups -OCH3 is 1. The zero-order valence-electron chi connectivity index (χ0n) is 20.4. The second-order valence-corrected chi connectivity index (χ2v) is 9.35. The van der Waals surface area contributed by atoms with Crippen LogP contribution in [0.15, 0.2) is 60.0 Å². The maximum atomic E-state index is 13.6. The fourth-order valence-electron chi connectivity index (χ4n) is 4.94. The molecule has 2 atom stereocenters. The number of aliphatic hydroxyl groups is 1. The second-order valence-electron chi connectivity index (χ2n) is 9.35. The summed E-state index contributed by atoms with van der Waals surface area (Å²) in [6.45, 7) is 2.74. The van der Waals surface area contributed by atoms with Crippen molar-refractivity contribution in [1.82, 2.24) is 19.4 Å². The molecule has 0 bridgehead atoms. The summed E-state index contributed by atoms with van der Waals surface area (Å²) in [4.78, 5) is 16.2. The van der Waals surface area contributed by atoms with E-state index in [1.165, 1.54) is 12.1 Å². The monoisotopic (exact) mass is 507 g/mol. The van der Waals surface area contributed by atoms with Crippen LogP contribution in [0.1, 0.15) is 23.4 Å². The summed E-state index contributed by atoms with van der Waals surface area (Å²) in [5.41, 5.74) is 0.815. The number of aryl methyl sites for hydroxylation is 1. The van der Waals surface area contributed by atoms with Crippen LogP contribution >= 0.6 is 0 Å². The quantitative estimate of drug-likeness (QED) is 0.563. The van der Waals surface area contributed by atoms with Crippen LogP contribution < -0.4 is 4.74 Å². The third kappa shape index (κ3) is 3.91. The Hall–Kier alpha value is -3.96. The van der Waals surface area contributed by atoms with Crippen molar-refractivity contribution in [1.29, 1.82) is 0 Å². The van der Waals surface area contributed by atoms with E-state index in [0.29, 0.717) is 49.2 Å². The number of imidazole rings is 1. The smallest absolute Gasteiger partial charge is 0.277 e. The van der Waals surface area contributed by atoms with E-state index < -0.39 is 23.8 Å². The maximum Gasteiger partial charge on any atom is 0.277 e. The average Bonchev–Trinajstić information content (AvgIpc) is 3.64. The number of aliphatic hydroxyl groups excluding tert-OH is 1. The molecule has 0 amide bonds. The number of rotatable bonds is 5. The minimum absolute atomic E-state index is 0.340. The number of hydrogen-bond donors (Lipinski definition) is 1. The lowest BCUT2D eigenvalue weighted by atomic mass is 9.96. The highest BCUT2D eigenvalue weighted by Crippen LogP contribution is 2.44. The van der Waals surface area contributed by atoms with Crippen molar-refractivity contribution in [3.63, 3.8) is 0 Å².